The third-order valence-corrected chi connectivity index (χ3v) is 2.97. The first-order valence-electron chi connectivity index (χ1n) is 4.91. The Morgan fingerprint density at radius 2 is 2.07 bits per heavy atom. The van der Waals surface area contributed by atoms with Crippen molar-refractivity contribution in [1.82, 2.24) is 4.90 Å². The van der Waals surface area contributed by atoms with Crippen LogP contribution in [0.2, 0.25) is 0 Å². The van der Waals surface area contributed by atoms with E-state index in [1.54, 1.807) is 11.8 Å². The number of hydrogen-bond donors (Lipinski definition) is 1. The van der Waals surface area contributed by atoms with E-state index in [0.717, 1.165) is 23.6 Å². The molecule has 0 aromatic heterocycles. The van der Waals surface area contributed by atoms with Crippen molar-refractivity contribution in [3.8, 4) is 0 Å². The Morgan fingerprint density at radius 1 is 1.33 bits per heavy atom. The van der Waals surface area contributed by atoms with Gasteiger partial charge in [-0.2, -0.15) is 0 Å². The lowest BCUT2D eigenvalue weighted by Gasteiger charge is -2.08. The molecule has 84 valence electrons. The lowest BCUT2D eigenvalue weighted by atomic mass is 10.3. The molecule has 0 saturated heterocycles. The molecule has 0 fully saturated rings. The fraction of sp³-hybridized carbons (Fsp3) is 0.455. The minimum atomic E-state index is -0.259. The van der Waals surface area contributed by atoms with Gasteiger partial charge in [-0.25, -0.2) is 4.39 Å². The summed E-state index contributed by atoms with van der Waals surface area (Å²) in [5.41, 5.74) is 6.04. The maximum atomic E-state index is 13.0. The highest BCUT2D eigenvalue weighted by molar-refractivity contribution is 7.99. The minimum Gasteiger partial charge on any atom is -0.399 e. The summed E-state index contributed by atoms with van der Waals surface area (Å²) in [5, 5.41) is 0. The maximum Gasteiger partial charge on any atom is 0.126 e. The summed E-state index contributed by atoms with van der Waals surface area (Å²) in [6.45, 7) is 1.05. The van der Waals surface area contributed by atoms with Gasteiger partial charge in [-0.3, -0.25) is 0 Å². The second-order valence-electron chi connectivity index (χ2n) is 3.73. The molecule has 0 radical (unpaired) electrons. The highest BCUT2D eigenvalue weighted by atomic mass is 32.2. The lowest BCUT2D eigenvalue weighted by Crippen LogP contribution is -2.13. The summed E-state index contributed by atoms with van der Waals surface area (Å²) in [6, 6.07) is 4.67. The summed E-state index contributed by atoms with van der Waals surface area (Å²) in [5.74, 6) is 0.728. The molecule has 1 rings (SSSR count). The highest BCUT2D eigenvalue weighted by Gasteiger charge is 1.99. The van der Waals surface area contributed by atoms with E-state index >= 15 is 0 Å². The normalized spacial score (nSPS) is 10.9. The number of thioether (sulfide) groups is 1. The average molecular weight is 228 g/mol. The van der Waals surface area contributed by atoms with Crippen LogP contribution in [0.5, 0.6) is 0 Å². The molecule has 15 heavy (non-hydrogen) atoms. The molecule has 0 aliphatic carbocycles. The van der Waals surface area contributed by atoms with Gasteiger partial charge < -0.3 is 10.6 Å². The van der Waals surface area contributed by atoms with Crippen LogP contribution in [0.3, 0.4) is 0 Å². The first-order valence-corrected chi connectivity index (χ1v) is 5.90. The van der Waals surface area contributed by atoms with Gasteiger partial charge in [-0.1, -0.05) is 0 Å². The Morgan fingerprint density at radius 3 is 2.67 bits per heavy atom. The second kappa shape index (κ2) is 5.98. The Bertz CT molecular complexity index is 295. The number of rotatable bonds is 5. The highest BCUT2D eigenvalue weighted by Crippen LogP contribution is 2.22. The van der Waals surface area contributed by atoms with Crippen LogP contribution in [0.15, 0.2) is 23.1 Å². The van der Waals surface area contributed by atoms with Gasteiger partial charge in [0.25, 0.3) is 0 Å². The smallest absolute Gasteiger partial charge is 0.126 e. The zero-order chi connectivity index (χ0) is 11.3. The summed E-state index contributed by atoms with van der Waals surface area (Å²) in [4.78, 5) is 3.05. The number of halogens is 1. The molecule has 0 saturated carbocycles. The molecule has 0 amide bonds. The van der Waals surface area contributed by atoms with Crippen molar-refractivity contribution in [1.29, 1.82) is 0 Å². The predicted octanol–water partition coefficient (Wildman–Crippen LogP) is 2.45. The van der Waals surface area contributed by atoms with Crippen LogP contribution in [-0.4, -0.2) is 31.3 Å². The molecule has 4 heteroatoms. The Balaban J connectivity index is 2.37. The van der Waals surface area contributed by atoms with Crippen LogP contribution in [-0.2, 0) is 0 Å². The molecule has 2 N–H and O–H groups in total. The second-order valence-corrected chi connectivity index (χ2v) is 4.89. The van der Waals surface area contributed by atoms with Crippen molar-refractivity contribution in [2.75, 3.05) is 32.1 Å². The van der Waals surface area contributed by atoms with E-state index in [-0.39, 0.29) is 5.82 Å². The zero-order valence-corrected chi connectivity index (χ0v) is 9.98. The van der Waals surface area contributed by atoms with E-state index < -0.39 is 0 Å². The van der Waals surface area contributed by atoms with Gasteiger partial charge in [0.1, 0.15) is 5.82 Å². The molecule has 2 nitrogen and oxygen atoms in total. The number of anilines is 1. The van der Waals surface area contributed by atoms with Crippen LogP contribution in [0.4, 0.5) is 10.1 Å². The van der Waals surface area contributed by atoms with Gasteiger partial charge in [0, 0.05) is 10.6 Å². The van der Waals surface area contributed by atoms with Crippen molar-refractivity contribution in [2.24, 2.45) is 0 Å². The third kappa shape index (κ3) is 5.04. The first-order chi connectivity index (χ1) is 7.08. The number of hydrogen-bond acceptors (Lipinski definition) is 3. The SMILES string of the molecule is CN(C)CCCSc1cc(N)cc(F)c1. The van der Waals surface area contributed by atoms with Gasteiger partial charge >= 0.3 is 0 Å². The van der Waals surface area contributed by atoms with Gasteiger partial charge in [0.2, 0.25) is 0 Å². The molecule has 0 aliphatic heterocycles. The van der Waals surface area contributed by atoms with Crippen LogP contribution >= 0.6 is 11.8 Å². The minimum absolute atomic E-state index is 0.259. The Hall–Kier alpha value is -0.740. The number of nitrogens with zero attached hydrogens (tertiary/aromatic N) is 1. The van der Waals surface area contributed by atoms with Gasteiger partial charge in [0.15, 0.2) is 0 Å². The summed E-state index contributed by atoms with van der Waals surface area (Å²) >= 11 is 1.64. The van der Waals surface area contributed by atoms with E-state index in [0.29, 0.717) is 5.69 Å². The topological polar surface area (TPSA) is 29.3 Å². The van der Waals surface area contributed by atoms with E-state index in [4.69, 9.17) is 5.73 Å². The Kier molecular flexibility index (Phi) is 4.91. The van der Waals surface area contributed by atoms with Crippen molar-refractivity contribution in [2.45, 2.75) is 11.3 Å². The number of nitrogens with two attached hydrogens (primary N) is 1. The van der Waals surface area contributed by atoms with Gasteiger partial charge in [-0.15, -0.1) is 11.8 Å². The first kappa shape index (κ1) is 12.3. The molecular formula is C11H17FN2S. The van der Waals surface area contributed by atoms with Crippen molar-refractivity contribution >= 4 is 17.4 Å². The van der Waals surface area contributed by atoms with Crippen LogP contribution < -0.4 is 5.73 Å². The van der Waals surface area contributed by atoms with Crippen molar-refractivity contribution < 1.29 is 4.39 Å². The molecule has 0 spiro atoms. The summed E-state index contributed by atoms with van der Waals surface area (Å²) < 4.78 is 13.0. The monoisotopic (exact) mass is 228 g/mol. The van der Waals surface area contributed by atoms with E-state index in [2.05, 4.69) is 4.90 Å². The lowest BCUT2D eigenvalue weighted by molar-refractivity contribution is 0.410. The van der Waals surface area contributed by atoms with Crippen LogP contribution in [0.25, 0.3) is 0 Å². The van der Waals surface area contributed by atoms with Crippen molar-refractivity contribution in [3.63, 3.8) is 0 Å². The molecule has 0 bridgehead atoms. The predicted molar refractivity (Wildman–Crippen MR) is 64.7 cm³/mol. The largest absolute Gasteiger partial charge is 0.399 e. The van der Waals surface area contributed by atoms with E-state index in [1.807, 2.05) is 20.2 Å². The fourth-order valence-electron chi connectivity index (χ4n) is 1.24. The molecule has 0 heterocycles. The molecule has 1 aromatic rings. The quantitative estimate of drug-likeness (QED) is 0.477. The average Bonchev–Trinajstić information content (AvgIpc) is 2.10. The van der Waals surface area contributed by atoms with Crippen LogP contribution in [0.1, 0.15) is 6.42 Å². The standard InChI is InChI=1S/C11H17FN2S/c1-14(2)4-3-5-15-11-7-9(12)6-10(13)8-11/h6-8H,3-5,13H2,1-2H3. The molecule has 0 unspecified atom stereocenters. The van der Waals surface area contributed by atoms with Gasteiger partial charge in [-0.05, 0) is 51.0 Å². The van der Waals surface area contributed by atoms with E-state index in [1.165, 1.54) is 12.1 Å². The van der Waals surface area contributed by atoms with Crippen molar-refractivity contribution in [3.05, 3.63) is 24.0 Å². The van der Waals surface area contributed by atoms with E-state index in [9.17, 15) is 4.39 Å². The number of nitrogen functional groups attached to an aromatic ring is 1. The molecule has 0 atom stereocenters. The number of benzene rings is 1. The third-order valence-electron chi connectivity index (χ3n) is 1.91. The maximum absolute atomic E-state index is 13.0. The summed E-state index contributed by atoms with van der Waals surface area (Å²) in [7, 11) is 4.09. The Labute approximate surface area is 94.6 Å². The summed E-state index contributed by atoms with van der Waals surface area (Å²) in [6.07, 6.45) is 1.09. The van der Waals surface area contributed by atoms with Gasteiger partial charge in [0.05, 0.1) is 0 Å². The van der Waals surface area contributed by atoms with Crippen LogP contribution in [0, 0.1) is 5.82 Å². The molecule has 0 aliphatic rings. The fourth-order valence-corrected chi connectivity index (χ4v) is 2.16. The molecular weight excluding hydrogens is 211 g/mol. The zero-order valence-electron chi connectivity index (χ0n) is 9.16. The molecule has 1 aromatic carbocycles.